The first kappa shape index (κ1) is 15.6. The minimum Gasteiger partial charge on any atom is -0.383 e. The maximum atomic E-state index is 11.6. The minimum atomic E-state index is -0.0550. The lowest BCUT2D eigenvalue weighted by Crippen LogP contribution is -2.36. The van der Waals surface area contributed by atoms with E-state index in [9.17, 15) is 4.79 Å². The van der Waals surface area contributed by atoms with Crippen LogP contribution in [0.5, 0.6) is 0 Å². The van der Waals surface area contributed by atoms with Gasteiger partial charge in [-0.2, -0.15) is 0 Å². The van der Waals surface area contributed by atoms with Crippen LogP contribution in [0.2, 0.25) is 10.0 Å². The summed E-state index contributed by atoms with van der Waals surface area (Å²) >= 11 is 13.2. The van der Waals surface area contributed by atoms with Crippen LogP contribution in [-0.2, 0) is 9.53 Å². The Bertz CT molecular complexity index is 415. The van der Waals surface area contributed by atoms with Crippen LogP contribution < -0.4 is 5.32 Å². The molecule has 6 heteroatoms. The molecule has 0 bridgehead atoms. The Morgan fingerprint density at radius 2 is 2.22 bits per heavy atom. The molecule has 1 rings (SSSR count). The van der Waals surface area contributed by atoms with Crippen molar-refractivity contribution in [3.8, 4) is 0 Å². The highest BCUT2D eigenvalue weighted by Gasteiger charge is 2.09. The predicted molar refractivity (Wildman–Crippen MR) is 76.7 cm³/mol. The summed E-state index contributed by atoms with van der Waals surface area (Å²) in [5.74, 6) is 0.245. The quantitative estimate of drug-likeness (QED) is 0.820. The number of hydrogen-bond acceptors (Lipinski definition) is 3. The highest BCUT2D eigenvalue weighted by molar-refractivity contribution is 8.00. The zero-order valence-electron chi connectivity index (χ0n) is 10.2. The van der Waals surface area contributed by atoms with Crippen molar-refractivity contribution in [3.63, 3.8) is 0 Å². The monoisotopic (exact) mass is 307 g/mol. The normalized spacial score (nSPS) is 12.2. The summed E-state index contributed by atoms with van der Waals surface area (Å²) < 4.78 is 4.94. The van der Waals surface area contributed by atoms with Gasteiger partial charge in [-0.1, -0.05) is 23.2 Å². The number of carbonyl (C=O) groups excluding carboxylic acids is 1. The van der Waals surface area contributed by atoms with Crippen LogP contribution in [0.25, 0.3) is 0 Å². The number of benzene rings is 1. The summed E-state index contributed by atoms with van der Waals surface area (Å²) in [4.78, 5) is 12.4. The second-order valence-corrected chi connectivity index (χ2v) is 5.65. The molecule has 1 N–H and O–H groups in total. The Labute approximate surface area is 121 Å². The fraction of sp³-hybridized carbons (Fsp3) is 0.417. The van der Waals surface area contributed by atoms with E-state index in [-0.39, 0.29) is 11.9 Å². The van der Waals surface area contributed by atoms with Crippen molar-refractivity contribution >= 4 is 40.9 Å². The van der Waals surface area contributed by atoms with Crippen LogP contribution in [0.1, 0.15) is 6.92 Å². The minimum absolute atomic E-state index is 0.00191. The van der Waals surface area contributed by atoms with E-state index >= 15 is 0 Å². The fourth-order valence-electron chi connectivity index (χ4n) is 1.34. The van der Waals surface area contributed by atoms with Gasteiger partial charge in [-0.3, -0.25) is 4.79 Å². The Morgan fingerprint density at radius 3 is 2.89 bits per heavy atom. The summed E-state index contributed by atoms with van der Waals surface area (Å²) in [6.45, 7) is 2.38. The van der Waals surface area contributed by atoms with Crippen LogP contribution in [-0.4, -0.2) is 31.4 Å². The van der Waals surface area contributed by atoms with Crippen molar-refractivity contribution < 1.29 is 9.53 Å². The van der Waals surface area contributed by atoms with E-state index in [1.165, 1.54) is 11.8 Å². The number of hydrogen-bond donors (Lipinski definition) is 1. The highest BCUT2D eigenvalue weighted by Crippen LogP contribution is 2.29. The van der Waals surface area contributed by atoms with Crippen molar-refractivity contribution in [3.05, 3.63) is 28.2 Å². The van der Waals surface area contributed by atoms with Crippen molar-refractivity contribution in [2.24, 2.45) is 0 Å². The van der Waals surface area contributed by atoms with Gasteiger partial charge in [0.05, 0.1) is 17.4 Å². The number of carbonyl (C=O) groups is 1. The number of halogens is 2. The Kier molecular flexibility index (Phi) is 6.86. The van der Waals surface area contributed by atoms with Gasteiger partial charge in [-0.05, 0) is 25.1 Å². The van der Waals surface area contributed by atoms with Gasteiger partial charge < -0.3 is 10.1 Å². The van der Waals surface area contributed by atoms with E-state index < -0.39 is 0 Å². The Hall–Kier alpha value is -0.420. The topological polar surface area (TPSA) is 38.3 Å². The Morgan fingerprint density at radius 1 is 1.50 bits per heavy atom. The number of methoxy groups -OCH3 is 1. The lowest BCUT2D eigenvalue weighted by molar-refractivity contribution is -0.119. The zero-order valence-corrected chi connectivity index (χ0v) is 12.5. The second kappa shape index (κ2) is 7.89. The molecule has 0 fully saturated rings. The largest absolute Gasteiger partial charge is 0.383 e. The molecule has 1 unspecified atom stereocenters. The van der Waals surface area contributed by atoms with E-state index in [0.717, 1.165) is 4.90 Å². The molecule has 0 saturated carbocycles. The summed E-state index contributed by atoms with van der Waals surface area (Å²) in [5.41, 5.74) is 0. The first-order valence-corrected chi connectivity index (χ1v) is 7.13. The summed E-state index contributed by atoms with van der Waals surface area (Å²) in [7, 11) is 1.60. The van der Waals surface area contributed by atoms with Crippen molar-refractivity contribution in [1.82, 2.24) is 5.32 Å². The van der Waals surface area contributed by atoms with E-state index in [4.69, 9.17) is 27.9 Å². The van der Waals surface area contributed by atoms with Crippen molar-refractivity contribution in [2.75, 3.05) is 19.5 Å². The zero-order chi connectivity index (χ0) is 13.5. The molecule has 1 aromatic carbocycles. The predicted octanol–water partition coefficient (Wildman–Crippen LogP) is 3.24. The third-order valence-electron chi connectivity index (χ3n) is 2.08. The SMILES string of the molecule is COCC(C)NC(=O)CSc1cc(Cl)ccc1Cl. The molecule has 0 aliphatic heterocycles. The van der Waals surface area contributed by atoms with Crippen molar-refractivity contribution in [2.45, 2.75) is 17.9 Å². The standard InChI is InChI=1S/C12H15Cl2NO2S/c1-8(6-17-2)15-12(16)7-18-11-5-9(13)3-4-10(11)14/h3-5,8H,6-7H2,1-2H3,(H,15,16). The molecule has 1 amide bonds. The lowest BCUT2D eigenvalue weighted by atomic mass is 10.3. The lowest BCUT2D eigenvalue weighted by Gasteiger charge is -2.12. The maximum Gasteiger partial charge on any atom is 0.230 e. The van der Waals surface area contributed by atoms with Gasteiger partial charge >= 0.3 is 0 Å². The second-order valence-electron chi connectivity index (χ2n) is 3.79. The van der Waals surface area contributed by atoms with E-state index in [0.29, 0.717) is 22.4 Å². The van der Waals surface area contributed by atoms with Crippen molar-refractivity contribution in [1.29, 1.82) is 0 Å². The average Bonchev–Trinajstić information content (AvgIpc) is 2.30. The smallest absolute Gasteiger partial charge is 0.230 e. The molecule has 100 valence electrons. The number of thioether (sulfide) groups is 1. The number of rotatable bonds is 6. The average molecular weight is 308 g/mol. The van der Waals surface area contributed by atoms with Crippen LogP contribution in [0, 0.1) is 0 Å². The van der Waals surface area contributed by atoms with Gasteiger partial charge in [0.25, 0.3) is 0 Å². The molecular formula is C12H15Cl2NO2S. The van der Waals surface area contributed by atoms with Gasteiger partial charge in [-0.15, -0.1) is 11.8 Å². The molecule has 0 aliphatic rings. The summed E-state index contributed by atoms with van der Waals surface area (Å²) in [6.07, 6.45) is 0. The third-order valence-corrected chi connectivity index (χ3v) is 3.81. The number of nitrogens with one attached hydrogen (secondary N) is 1. The first-order chi connectivity index (χ1) is 8.52. The molecule has 0 heterocycles. The van der Waals surface area contributed by atoms with Crippen LogP contribution in [0.4, 0.5) is 0 Å². The van der Waals surface area contributed by atoms with Gasteiger partial charge in [0.15, 0.2) is 0 Å². The third kappa shape index (κ3) is 5.48. The van der Waals surface area contributed by atoms with Crippen LogP contribution >= 0.6 is 35.0 Å². The molecule has 3 nitrogen and oxygen atoms in total. The summed E-state index contributed by atoms with van der Waals surface area (Å²) in [5, 5.41) is 4.03. The molecule has 0 radical (unpaired) electrons. The molecule has 18 heavy (non-hydrogen) atoms. The first-order valence-electron chi connectivity index (χ1n) is 5.39. The van der Waals surface area contributed by atoms with Gasteiger partial charge in [0.1, 0.15) is 0 Å². The van der Waals surface area contributed by atoms with Gasteiger partial charge in [0.2, 0.25) is 5.91 Å². The van der Waals surface area contributed by atoms with E-state index in [1.54, 1.807) is 25.3 Å². The van der Waals surface area contributed by atoms with E-state index in [1.807, 2.05) is 6.92 Å². The fourth-order valence-corrected chi connectivity index (χ4v) is 2.64. The number of amides is 1. The van der Waals surface area contributed by atoms with Crippen LogP contribution in [0.15, 0.2) is 23.1 Å². The number of ether oxygens (including phenoxy) is 1. The summed E-state index contributed by atoms with van der Waals surface area (Å²) in [6, 6.07) is 5.19. The molecule has 1 aromatic rings. The highest BCUT2D eigenvalue weighted by atomic mass is 35.5. The van der Waals surface area contributed by atoms with E-state index in [2.05, 4.69) is 5.32 Å². The maximum absolute atomic E-state index is 11.6. The van der Waals surface area contributed by atoms with Crippen LogP contribution in [0.3, 0.4) is 0 Å². The van der Waals surface area contributed by atoms with Gasteiger partial charge in [0, 0.05) is 23.1 Å². The molecule has 0 spiro atoms. The molecular weight excluding hydrogens is 293 g/mol. The molecule has 1 atom stereocenters. The Balaban J connectivity index is 2.45. The molecule has 0 saturated heterocycles. The van der Waals surface area contributed by atoms with Gasteiger partial charge in [-0.25, -0.2) is 0 Å². The molecule has 0 aliphatic carbocycles. The molecule has 0 aromatic heterocycles.